The van der Waals surface area contributed by atoms with Crippen LogP contribution in [0, 0.1) is 5.82 Å². The Morgan fingerprint density at radius 3 is 2.54 bits per heavy atom. The molecule has 1 fully saturated rings. The van der Waals surface area contributed by atoms with Crippen LogP contribution in [0.1, 0.15) is 23.0 Å². The maximum absolute atomic E-state index is 14.0. The van der Waals surface area contributed by atoms with Gasteiger partial charge in [0.15, 0.2) is 0 Å². The van der Waals surface area contributed by atoms with Crippen LogP contribution in [-0.4, -0.2) is 54.6 Å². The van der Waals surface area contributed by atoms with Gasteiger partial charge >= 0.3 is 0 Å². The van der Waals surface area contributed by atoms with E-state index in [1.807, 2.05) is 43.3 Å². The second-order valence-corrected chi connectivity index (χ2v) is 9.86. The molecule has 1 aliphatic rings. The molecular formula is C27H29FN4O2S. The van der Waals surface area contributed by atoms with E-state index >= 15 is 0 Å². The van der Waals surface area contributed by atoms with E-state index in [0.717, 1.165) is 54.7 Å². The SMILES string of the molecule is CCn1c(=O)c2cc(C(=O)NCCCN3CCN(c4ccccc4F)CC3)sc2c2ccccc21. The summed E-state index contributed by atoms with van der Waals surface area (Å²) in [4.78, 5) is 30.8. The summed E-state index contributed by atoms with van der Waals surface area (Å²) in [6.07, 6.45) is 0.835. The average Bonchev–Trinajstić information content (AvgIpc) is 3.34. The number of anilines is 1. The Hall–Kier alpha value is -3.23. The van der Waals surface area contributed by atoms with Crippen LogP contribution in [0.3, 0.4) is 0 Å². The lowest BCUT2D eigenvalue weighted by molar-refractivity contribution is 0.0955. The van der Waals surface area contributed by atoms with Crippen molar-refractivity contribution in [3.05, 3.63) is 75.6 Å². The first-order valence-corrected chi connectivity index (χ1v) is 12.9. The van der Waals surface area contributed by atoms with Crippen LogP contribution in [0.25, 0.3) is 21.0 Å². The van der Waals surface area contributed by atoms with E-state index < -0.39 is 0 Å². The van der Waals surface area contributed by atoms with Crippen LogP contribution in [0.4, 0.5) is 10.1 Å². The topological polar surface area (TPSA) is 57.6 Å². The second kappa shape index (κ2) is 10.2. The number of aromatic nitrogens is 1. The number of nitrogens with one attached hydrogen (secondary N) is 1. The van der Waals surface area contributed by atoms with Crippen molar-refractivity contribution < 1.29 is 9.18 Å². The first kappa shape index (κ1) is 23.5. The zero-order valence-corrected chi connectivity index (χ0v) is 20.6. The summed E-state index contributed by atoms with van der Waals surface area (Å²) in [5, 5.41) is 4.62. The zero-order chi connectivity index (χ0) is 24.4. The highest BCUT2D eigenvalue weighted by Gasteiger charge is 2.20. The van der Waals surface area contributed by atoms with Crippen LogP contribution in [0.2, 0.25) is 0 Å². The first-order chi connectivity index (χ1) is 17.1. The molecule has 1 aliphatic heterocycles. The van der Waals surface area contributed by atoms with Crippen molar-refractivity contribution in [3.63, 3.8) is 0 Å². The van der Waals surface area contributed by atoms with E-state index in [0.29, 0.717) is 29.0 Å². The number of hydrogen-bond donors (Lipinski definition) is 1. The number of rotatable bonds is 7. The molecule has 0 bridgehead atoms. The summed E-state index contributed by atoms with van der Waals surface area (Å²) in [6.45, 7) is 7.31. The fraction of sp³-hybridized carbons (Fsp3) is 0.333. The Morgan fingerprint density at radius 2 is 1.77 bits per heavy atom. The molecule has 1 N–H and O–H groups in total. The minimum Gasteiger partial charge on any atom is -0.367 e. The first-order valence-electron chi connectivity index (χ1n) is 12.1. The van der Waals surface area contributed by atoms with Crippen molar-refractivity contribution >= 4 is 43.9 Å². The van der Waals surface area contributed by atoms with Crippen molar-refractivity contribution in [2.75, 3.05) is 44.2 Å². The fourth-order valence-corrected chi connectivity index (χ4v) is 5.94. The number of fused-ring (bicyclic) bond motifs is 3. The summed E-state index contributed by atoms with van der Waals surface area (Å²) in [6, 6.07) is 16.5. The average molecular weight is 493 g/mol. The molecule has 6 nitrogen and oxygen atoms in total. The number of amides is 1. The van der Waals surface area contributed by atoms with Crippen molar-refractivity contribution in [3.8, 4) is 0 Å². The summed E-state index contributed by atoms with van der Waals surface area (Å²) < 4.78 is 16.7. The van der Waals surface area contributed by atoms with Gasteiger partial charge in [0.2, 0.25) is 0 Å². The van der Waals surface area contributed by atoms with Crippen LogP contribution < -0.4 is 15.8 Å². The molecule has 0 unspecified atom stereocenters. The monoisotopic (exact) mass is 492 g/mol. The maximum atomic E-state index is 14.0. The molecule has 4 aromatic rings. The predicted octanol–water partition coefficient (Wildman–Crippen LogP) is 4.32. The minimum atomic E-state index is -0.175. The molecule has 3 heterocycles. The molecule has 8 heteroatoms. The molecule has 35 heavy (non-hydrogen) atoms. The highest BCUT2D eigenvalue weighted by molar-refractivity contribution is 7.21. The molecule has 1 amide bonds. The molecule has 1 saturated heterocycles. The lowest BCUT2D eigenvalue weighted by Crippen LogP contribution is -2.47. The largest absolute Gasteiger partial charge is 0.367 e. The number of thiophene rings is 1. The summed E-state index contributed by atoms with van der Waals surface area (Å²) in [7, 11) is 0. The van der Waals surface area contributed by atoms with Gasteiger partial charge < -0.3 is 14.8 Å². The number of carbonyl (C=O) groups excluding carboxylic acids is 1. The fourth-order valence-electron chi connectivity index (χ4n) is 4.84. The van der Waals surface area contributed by atoms with Gasteiger partial charge in [-0.3, -0.25) is 14.5 Å². The molecule has 0 radical (unpaired) electrons. The normalized spacial score (nSPS) is 14.6. The molecular weight excluding hydrogens is 463 g/mol. The van der Waals surface area contributed by atoms with Gasteiger partial charge in [-0.25, -0.2) is 4.39 Å². The van der Waals surface area contributed by atoms with Crippen molar-refractivity contribution in [2.24, 2.45) is 0 Å². The van der Waals surface area contributed by atoms with Gasteiger partial charge in [0, 0.05) is 49.4 Å². The Labute approximate surface area is 207 Å². The second-order valence-electron chi connectivity index (χ2n) is 8.81. The zero-order valence-electron chi connectivity index (χ0n) is 19.8. The van der Waals surface area contributed by atoms with Gasteiger partial charge in [0.25, 0.3) is 11.5 Å². The number of aryl methyl sites for hydroxylation is 1. The van der Waals surface area contributed by atoms with Crippen LogP contribution in [-0.2, 0) is 6.54 Å². The van der Waals surface area contributed by atoms with Crippen LogP contribution >= 0.6 is 11.3 Å². The quantitative estimate of drug-likeness (QED) is 0.391. The van der Waals surface area contributed by atoms with E-state index in [1.54, 1.807) is 16.7 Å². The predicted molar refractivity (Wildman–Crippen MR) is 141 cm³/mol. The Bertz CT molecular complexity index is 1420. The summed E-state index contributed by atoms with van der Waals surface area (Å²) >= 11 is 1.38. The van der Waals surface area contributed by atoms with Gasteiger partial charge in [-0.1, -0.05) is 30.3 Å². The number of carbonyl (C=O) groups is 1. The Balaban J connectivity index is 1.17. The third-order valence-corrected chi connectivity index (χ3v) is 7.86. The number of para-hydroxylation sites is 2. The van der Waals surface area contributed by atoms with Crippen molar-refractivity contribution in [1.82, 2.24) is 14.8 Å². The molecule has 182 valence electrons. The highest BCUT2D eigenvalue weighted by Crippen LogP contribution is 2.30. The van der Waals surface area contributed by atoms with E-state index in [1.165, 1.54) is 17.4 Å². The van der Waals surface area contributed by atoms with Gasteiger partial charge in [0.05, 0.1) is 21.5 Å². The van der Waals surface area contributed by atoms with Crippen LogP contribution in [0.5, 0.6) is 0 Å². The van der Waals surface area contributed by atoms with Gasteiger partial charge in [-0.05, 0) is 44.2 Å². The maximum Gasteiger partial charge on any atom is 0.261 e. The molecule has 0 atom stereocenters. The van der Waals surface area contributed by atoms with Gasteiger partial charge in [-0.15, -0.1) is 11.3 Å². The van der Waals surface area contributed by atoms with Crippen molar-refractivity contribution in [1.29, 1.82) is 0 Å². The number of halogens is 1. The smallest absolute Gasteiger partial charge is 0.261 e. The molecule has 0 spiro atoms. The summed E-state index contributed by atoms with van der Waals surface area (Å²) in [5.41, 5.74) is 1.52. The highest BCUT2D eigenvalue weighted by atomic mass is 32.1. The molecule has 5 rings (SSSR count). The summed E-state index contributed by atoms with van der Waals surface area (Å²) in [5.74, 6) is -0.311. The van der Waals surface area contributed by atoms with E-state index in [-0.39, 0.29) is 17.3 Å². The lowest BCUT2D eigenvalue weighted by atomic mass is 10.1. The number of hydrogen-bond acceptors (Lipinski definition) is 5. The van der Waals surface area contributed by atoms with E-state index in [4.69, 9.17) is 0 Å². The number of nitrogens with zero attached hydrogens (tertiary/aromatic N) is 3. The van der Waals surface area contributed by atoms with Gasteiger partial charge in [-0.2, -0.15) is 0 Å². The molecule has 0 saturated carbocycles. The number of piperazine rings is 1. The molecule has 0 aliphatic carbocycles. The third kappa shape index (κ3) is 4.68. The molecule has 2 aromatic heterocycles. The van der Waals surface area contributed by atoms with E-state index in [2.05, 4.69) is 15.1 Å². The lowest BCUT2D eigenvalue weighted by Gasteiger charge is -2.36. The van der Waals surface area contributed by atoms with Crippen LogP contribution in [0.15, 0.2) is 59.4 Å². The third-order valence-electron chi connectivity index (χ3n) is 6.69. The Morgan fingerprint density at radius 1 is 1.03 bits per heavy atom. The van der Waals surface area contributed by atoms with Gasteiger partial charge in [0.1, 0.15) is 5.82 Å². The van der Waals surface area contributed by atoms with E-state index in [9.17, 15) is 14.0 Å². The minimum absolute atomic E-state index is 0.0500. The standard InChI is InChI=1S/C27H29FN4O2S/c1-2-32-22-10-5-3-8-19(22)25-20(27(32)34)18-24(35-25)26(33)29-12-7-13-30-14-16-31(17-15-30)23-11-6-4-9-21(23)28/h3-6,8-11,18H,2,7,12-17H2,1H3,(H,29,33). The number of pyridine rings is 1. The number of benzene rings is 2. The molecule has 2 aromatic carbocycles. The Kier molecular flexibility index (Phi) is 6.83. The van der Waals surface area contributed by atoms with Crippen molar-refractivity contribution in [2.45, 2.75) is 19.9 Å².